The summed E-state index contributed by atoms with van der Waals surface area (Å²) in [5.41, 5.74) is 4.16. The summed E-state index contributed by atoms with van der Waals surface area (Å²) in [6, 6.07) is 13.1. The van der Waals surface area contributed by atoms with Gasteiger partial charge in [-0.3, -0.25) is 0 Å². The van der Waals surface area contributed by atoms with Crippen molar-refractivity contribution in [1.29, 1.82) is 0 Å². The Morgan fingerprint density at radius 1 is 1.05 bits per heavy atom. The van der Waals surface area contributed by atoms with Crippen molar-refractivity contribution in [3.63, 3.8) is 0 Å². The van der Waals surface area contributed by atoms with Crippen molar-refractivity contribution >= 4 is 15.7 Å². The van der Waals surface area contributed by atoms with Gasteiger partial charge < -0.3 is 5.32 Å². The summed E-state index contributed by atoms with van der Waals surface area (Å²) in [5.74, 6) is 0. The molecule has 0 atom stereocenters. The van der Waals surface area contributed by atoms with Gasteiger partial charge in [-0.2, -0.15) is 0 Å². The first-order chi connectivity index (χ1) is 9.94. The highest BCUT2D eigenvalue weighted by molar-refractivity contribution is 7.89. The van der Waals surface area contributed by atoms with Crippen LogP contribution in [0.4, 0.5) is 5.69 Å². The van der Waals surface area contributed by atoms with Gasteiger partial charge in [0.15, 0.2) is 0 Å². The molecule has 0 saturated carbocycles. The summed E-state index contributed by atoms with van der Waals surface area (Å²) in [7, 11) is -2.05. The third kappa shape index (κ3) is 3.62. The van der Waals surface area contributed by atoms with Crippen LogP contribution in [-0.2, 0) is 16.6 Å². The maximum atomic E-state index is 12.0. The molecule has 0 amide bonds. The molecule has 0 aliphatic carbocycles. The van der Waals surface area contributed by atoms with E-state index in [0.29, 0.717) is 12.2 Å². The summed E-state index contributed by atoms with van der Waals surface area (Å²) in [5, 5.41) is 3.21. The number of sulfonamides is 1. The summed E-state index contributed by atoms with van der Waals surface area (Å²) in [4.78, 5) is 0.261. The minimum atomic E-state index is -3.46. The molecule has 0 fully saturated rings. The Morgan fingerprint density at radius 3 is 2.43 bits per heavy atom. The van der Waals surface area contributed by atoms with Crippen LogP contribution in [0.1, 0.15) is 16.7 Å². The number of anilines is 1. The van der Waals surface area contributed by atoms with E-state index in [1.165, 1.54) is 18.2 Å². The number of rotatable bonds is 5. The second-order valence-corrected chi connectivity index (χ2v) is 6.84. The average molecular weight is 304 g/mol. The number of nitrogens with one attached hydrogen (secondary N) is 2. The lowest BCUT2D eigenvalue weighted by atomic mass is 10.1. The molecule has 0 saturated heterocycles. The molecular formula is C16H20N2O2S. The molecule has 112 valence electrons. The fourth-order valence-corrected chi connectivity index (χ4v) is 3.10. The first-order valence-corrected chi connectivity index (χ1v) is 8.25. The molecule has 0 bridgehead atoms. The van der Waals surface area contributed by atoms with Gasteiger partial charge in [-0.05, 0) is 44.2 Å². The summed E-state index contributed by atoms with van der Waals surface area (Å²) >= 11 is 0. The van der Waals surface area contributed by atoms with Crippen LogP contribution in [0.5, 0.6) is 0 Å². The molecular weight excluding hydrogens is 284 g/mol. The molecule has 0 aromatic heterocycles. The van der Waals surface area contributed by atoms with E-state index in [9.17, 15) is 8.42 Å². The van der Waals surface area contributed by atoms with E-state index < -0.39 is 10.0 Å². The molecule has 0 unspecified atom stereocenters. The standard InChI is InChI=1S/C16H20N2O2S/c1-12-8-9-14(13(2)10-12)11-18-15-6-4-5-7-16(15)21(19,20)17-3/h4-10,17-18H,11H2,1-3H3. The summed E-state index contributed by atoms with van der Waals surface area (Å²) in [6.07, 6.45) is 0. The molecule has 2 aromatic rings. The highest BCUT2D eigenvalue weighted by Crippen LogP contribution is 2.21. The quantitative estimate of drug-likeness (QED) is 0.893. The van der Waals surface area contributed by atoms with E-state index in [1.54, 1.807) is 18.2 Å². The van der Waals surface area contributed by atoms with E-state index in [0.717, 1.165) is 5.56 Å². The van der Waals surface area contributed by atoms with Crippen molar-refractivity contribution in [3.05, 3.63) is 59.2 Å². The second-order valence-electron chi connectivity index (χ2n) is 4.99. The minimum Gasteiger partial charge on any atom is -0.380 e. The van der Waals surface area contributed by atoms with Crippen molar-refractivity contribution < 1.29 is 8.42 Å². The van der Waals surface area contributed by atoms with Crippen molar-refractivity contribution in [3.8, 4) is 0 Å². The van der Waals surface area contributed by atoms with Crippen LogP contribution < -0.4 is 10.0 Å². The summed E-state index contributed by atoms with van der Waals surface area (Å²) < 4.78 is 26.3. The Morgan fingerprint density at radius 2 is 1.76 bits per heavy atom. The highest BCUT2D eigenvalue weighted by atomic mass is 32.2. The van der Waals surface area contributed by atoms with Gasteiger partial charge in [-0.1, -0.05) is 35.9 Å². The van der Waals surface area contributed by atoms with Crippen molar-refractivity contribution in [2.24, 2.45) is 0 Å². The second kappa shape index (κ2) is 6.28. The predicted octanol–water partition coefficient (Wildman–Crippen LogP) is 2.82. The van der Waals surface area contributed by atoms with Crippen molar-refractivity contribution in [2.45, 2.75) is 25.3 Å². The Kier molecular flexibility index (Phi) is 4.65. The SMILES string of the molecule is CNS(=O)(=O)c1ccccc1NCc1ccc(C)cc1C. The molecule has 21 heavy (non-hydrogen) atoms. The van der Waals surface area contributed by atoms with Crippen LogP contribution in [0.3, 0.4) is 0 Å². The average Bonchev–Trinajstić information content (AvgIpc) is 2.46. The Bertz CT molecular complexity index is 740. The molecule has 5 heteroatoms. The van der Waals surface area contributed by atoms with Crippen molar-refractivity contribution in [2.75, 3.05) is 12.4 Å². The minimum absolute atomic E-state index is 0.261. The maximum Gasteiger partial charge on any atom is 0.242 e. The lowest BCUT2D eigenvalue weighted by molar-refractivity contribution is 0.588. The maximum absolute atomic E-state index is 12.0. The third-order valence-electron chi connectivity index (χ3n) is 3.41. The first kappa shape index (κ1) is 15.5. The van der Waals surface area contributed by atoms with Gasteiger partial charge in [0.25, 0.3) is 0 Å². The molecule has 0 aliphatic heterocycles. The first-order valence-electron chi connectivity index (χ1n) is 6.76. The lowest BCUT2D eigenvalue weighted by Gasteiger charge is -2.13. The highest BCUT2D eigenvalue weighted by Gasteiger charge is 2.15. The number of para-hydroxylation sites is 1. The Hall–Kier alpha value is -1.85. The number of benzene rings is 2. The van der Waals surface area contributed by atoms with E-state index >= 15 is 0 Å². The van der Waals surface area contributed by atoms with Gasteiger partial charge in [0, 0.05) is 6.54 Å². The van der Waals surface area contributed by atoms with Crippen LogP contribution >= 0.6 is 0 Å². The fourth-order valence-electron chi connectivity index (χ4n) is 2.19. The molecule has 2 aromatic carbocycles. The van der Waals surface area contributed by atoms with Crippen LogP contribution in [0.25, 0.3) is 0 Å². The molecule has 4 nitrogen and oxygen atoms in total. The normalized spacial score (nSPS) is 11.4. The van der Waals surface area contributed by atoms with Gasteiger partial charge in [0.05, 0.1) is 5.69 Å². The molecule has 2 N–H and O–H groups in total. The van der Waals surface area contributed by atoms with Crippen LogP contribution in [0.15, 0.2) is 47.4 Å². The van der Waals surface area contributed by atoms with E-state index in [2.05, 4.69) is 42.1 Å². The Balaban J connectivity index is 2.25. The van der Waals surface area contributed by atoms with Gasteiger partial charge in [-0.25, -0.2) is 13.1 Å². The van der Waals surface area contributed by atoms with Crippen LogP contribution in [0, 0.1) is 13.8 Å². The van der Waals surface area contributed by atoms with Gasteiger partial charge >= 0.3 is 0 Å². The van der Waals surface area contributed by atoms with E-state index in [4.69, 9.17) is 0 Å². The predicted molar refractivity (Wildman–Crippen MR) is 85.9 cm³/mol. The summed E-state index contributed by atoms with van der Waals surface area (Å²) in [6.45, 7) is 4.70. The molecule has 0 radical (unpaired) electrons. The lowest BCUT2D eigenvalue weighted by Crippen LogP contribution is -2.20. The van der Waals surface area contributed by atoms with E-state index in [1.807, 2.05) is 6.07 Å². The molecule has 0 heterocycles. The Labute approximate surface area is 126 Å². The number of hydrogen-bond acceptors (Lipinski definition) is 3. The van der Waals surface area contributed by atoms with Crippen molar-refractivity contribution in [1.82, 2.24) is 4.72 Å². The molecule has 0 spiro atoms. The zero-order valence-corrected chi connectivity index (χ0v) is 13.3. The van der Waals surface area contributed by atoms with E-state index in [-0.39, 0.29) is 4.90 Å². The number of aryl methyl sites for hydroxylation is 2. The molecule has 0 aliphatic rings. The largest absolute Gasteiger partial charge is 0.380 e. The zero-order chi connectivity index (χ0) is 15.5. The topological polar surface area (TPSA) is 58.2 Å². The van der Waals surface area contributed by atoms with Gasteiger partial charge in [0.2, 0.25) is 10.0 Å². The fraction of sp³-hybridized carbons (Fsp3) is 0.250. The smallest absolute Gasteiger partial charge is 0.242 e. The molecule has 2 rings (SSSR count). The third-order valence-corrected chi connectivity index (χ3v) is 4.89. The monoisotopic (exact) mass is 304 g/mol. The number of hydrogen-bond donors (Lipinski definition) is 2. The van der Waals surface area contributed by atoms with Gasteiger partial charge in [0.1, 0.15) is 4.90 Å². The van der Waals surface area contributed by atoms with Gasteiger partial charge in [-0.15, -0.1) is 0 Å². The van der Waals surface area contributed by atoms with Crippen LogP contribution in [0.2, 0.25) is 0 Å². The zero-order valence-electron chi connectivity index (χ0n) is 12.5. The van der Waals surface area contributed by atoms with Crippen LogP contribution in [-0.4, -0.2) is 15.5 Å².